The number of amides is 1. The summed E-state index contributed by atoms with van der Waals surface area (Å²) >= 11 is 0. The van der Waals surface area contributed by atoms with Gasteiger partial charge in [0.15, 0.2) is 0 Å². The average Bonchev–Trinajstić information content (AvgIpc) is 3.09. The van der Waals surface area contributed by atoms with Gasteiger partial charge in [-0.25, -0.2) is 9.18 Å². The maximum Gasteiger partial charge on any atom is 0.354 e. The topological polar surface area (TPSA) is 87.9 Å². The van der Waals surface area contributed by atoms with Crippen LogP contribution in [0.1, 0.15) is 32.3 Å². The van der Waals surface area contributed by atoms with Crippen molar-refractivity contribution in [3.8, 4) is 28.3 Å². The van der Waals surface area contributed by atoms with E-state index in [0.717, 1.165) is 5.56 Å². The summed E-state index contributed by atoms with van der Waals surface area (Å²) in [5.74, 6) is -0.00000596. The van der Waals surface area contributed by atoms with Crippen molar-refractivity contribution in [2.24, 2.45) is 0 Å². The second-order valence-corrected chi connectivity index (χ2v) is 10.9. The molecule has 1 N–H and O–H groups in total. The second kappa shape index (κ2) is 10.1. The summed E-state index contributed by atoms with van der Waals surface area (Å²) in [6, 6.07) is 14.7. The van der Waals surface area contributed by atoms with Gasteiger partial charge in [0.2, 0.25) is 5.91 Å². The standard InChI is InChI=1S/C32H31FN4O4/c1-5-28(39)35-16-21-17-41-27-14-20(29-23(33)10-8-12-26(29)38)13-25-30(27)31(36(21)15-19(35)4)34-32(40)37(25)24-11-7-6-9-22(24)18(2)3/h5-14,18-19,21,38H,1,15-17H2,2-4H3/t19?,21-/m0/s1. The molecule has 0 aliphatic carbocycles. The molecule has 1 aromatic heterocycles. The number of carbonyl (C=O) groups excluding carboxylic acids is 1. The Labute approximate surface area is 236 Å². The van der Waals surface area contributed by atoms with Crippen LogP contribution in [0.5, 0.6) is 11.5 Å². The van der Waals surface area contributed by atoms with Crippen molar-refractivity contribution in [2.75, 3.05) is 24.6 Å². The Balaban J connectivity index is 1.66. The van der Waals surface area contributed by atoms with Crippen LogP contribution in [0.25, 0.3) is 27.7 Å². The molecule has 0 radical (unpaired) electrons. The summed E-state index contributed by atoms with van der Waals surface area (Å²) < 4.78 is 23.0. The lowest BCUT2D eigenvalue weighted by atomic mass is 9.99. The molecule has 0 saturated carbocycles. The highest BCUT2D eigenvalue weighted by Gasteiger charge is 2.38. The number of piperazine rings is 1. The molecule has 8 nitrogen and oxygen atoms in total. The number of para-hydroxylation sites is 1. The SMILES string of the molecule is C=CC(=O)N1C[C@H]2COc3cc(-c4c(O)cccc4F)cc4c3c(nc(=O)n4-c3ccccc3C(C)C)N2CC1C. The van der Waals surface area contributed by atoms with Gasteiger partial charge in [-0.15, -0.1) is 0 Å². The van der Waals surface area contributed by atoms with Crippen molar-refractivity contribution in [3.05, 3.63) is 89.1 Å². The van der Waals surface area contributed by atoms with Crippen molar-refractivity contribution >= 4 is 22.6 Å². The van der Waals surface area contributed by atoms with E-state index in [1.165, 1.54) is 24.3 Å². The van der Waals surface area contributed by atoms with Crippen LogP contribution in [0.15, 0.2) is 72.0 Å². The minimum absolute atomic E-state index is 0.0158. The molecule has 4 aromatic rings. The normalized spacial score (nSPS) is 18.2. The Morgan fingerprint density at radius 1 is 1.17 bits per heavy atom. The van der Waals surface area contributed by atoms with Gasteiger partial charge in [-0.3, -0.25) is 9.36 Å². The number of hydrogen-bond donors (Lipinski definition) is 1. The second-order valence-electron chi connectivity index (χ2n) is 10.9. The number of phenols is 1. The summed E-state index contributed by atoms with van der Waals surface area (Å²) in [6.45, 7) is 10.7. The Hall–Kier alpha value is -4.66. The fourth-order valence-corrected chi connectivity index (χ4v) is 6.03. The van der Waals surface area contributed by atoms with Gasteiger partial charge < -0.3 is 19.6 Å². The Morgan fingerprint density at radius 3 is 2.68 bits per heavy atom. The number of phenolic OH excluding ortho intramolecular Hbond substituents is 1. The van der Waals surface area contributed by atoms with Crippen molar-refractivity contribution in [3.63, 3.8) is 0 Å². The highest BCUT2D eigenvalue weighted by Crippen LogP contribution is 2.43. The number of carbonyl (C=O) groups is 1. The number of aromatic hydroxyl groups is 1. The monoisotopic (exact) mass is 554 g/mol. The molecule has 9 heteroatoms. The molecule has 6 rings (SSSR count). The van der Waals surface area contributed by atoms with Gasteiger partial charge in [0.25, 0.3) is 0 Å². The van der Waals surface area contributed by atoms with E-state index in [-0.39, 0.29) is 41.8 Å². The predicted molar refractivity (Wildman–Crippen MR) is 156 cm³/mol. The van der Waals surface area contributed by atoms with Crippen molar-refractivity contribution in [2.45, 2.75) is 38.8 Å². The summed E-state index contributed by atoms with van der Waals surface area (Å²) in [4.78, 5) is 35.0. The van der Waals surface area contributed by atoms with E-state index in [9.17, 15) is 14.7 Å². The van der Waals surface area contributed by atoms with Gasteiger partial charge in [-0.05, 0) is 60.4 Å². The van der Waals surface area contributed by atoms with E-state index < -0.39 is 11.5 Å². The van der Waals surface area contributed by atoms with E-state index in [1.54, 1.807) is 21.6 Å². The number of rotatable bonds is 4. The number of aromatic nitrogens is 2. The van der Waals surface area contributed by atoms with Crippen LogP contribution in [-0.4, -0.2) is 57.2 Å². The quantitative estimate of drug-likeness (QED) is 0.357. The first-order valence-electron chi connectivity index (χ1n) is 13.7. The largest absolute Gasteiger partial charge is 0.507 e. The van der Waals surface area contributed by atoms with Crippen LogP contribution >= 0.6 is 0 Å². The summed E-state index contributed by atoms with van der Waals surface area (Å²) in [5.41, 5.74) is 2.00. The predicted octanol–water partition coefficient (Wildman–Crippen LogP) is 5.00. The summed E-state index contributed by atoms with van der Waals surface area (Å²) in [7, 11) is 0. The maximum atomic E-state index is 15.1. The van der Waals surface area contributed by atoms with Crippen molar-refractivity contribution < 1.29 is 19.0 Å². The fourth-order valence-electron chi connectivity index (χ4n) is 6.03. The zero-order valence-corrected chi connectivity index (χ0v) is 23.2. The van der Waals surface area contributed by atoms with Crippen LogP contribution in [0.2, 0.25) is 0 Å². The Morgan fingerprint density at radius 2 is 1.95 bits per heavy atom. The molecule has 1 fully saturated rings. The smallest absolute Gasteiger partial charge is 0.354 e. The van der Waals surface area contributed by atoms with E-state index in [2.05, 4.69) is 25.4 Å². The van der Waals surface area contributed by atoms with E-state index in [4.69, 9.17) is 4.74 Å². The highest BCUT2D eigenvalue weighted by molar-refractivity contribution is 6.00. The van der Waals surface area contributed by atoms with Crippen LogP contribution in [0.3, 0.4) is 0 Å². The molecular formula is C32H31FN4O4. The van der Waals surface area contributed by atoms with E-state index in [0.29, 0.717) is 46.8 Å². The number of nitrogens with zero attached hydrogens (tertiary/aromatic N) is 4. The fraction of sp³-hybridized carbons (Fsp3) is 0.281. The van der Waals surface area contributed by atoms with E-state index in [1.807, 2.05) is 36.1 Å². The molecule has 0 bridgehead atoms. The van der Waals surface area contributed by atoms with Gasteiger partial charge in [-0.1, -0.05) is 44.7 Å². The highest BCUT2D eigenvalue weighted by atomic mass is 19.1. The molecule has 3 aromatic carbocycles. The number of halogens is 1. The zero-order valence-electron chi connectivity index (χ0n) is 23.2. The third kappa shape index (κ3) is 4.32. The minimum Gasteiger partial charge on any atom is -0.507 e. The van der Waals surface area contributed by atoms with Gasteiger partial charge >= 0.3 is 5.69 Å². The number of hydrogen-bond acceptors (Lipinski definition) is 6. The molecule has 2 atom stereocenters. The molecule has 2 aliphatic heterocycles. The van der Waals surface area contributed by atoms with Crippen LogP contribution < -0.4 is 15.3 Å². The maximum absolute atomic E-state index is 15.1. The molecule has 0 spiro atoms. The third-order valence-electron chi connectivity index (χ3n) is 8.02. The molecule has 1 unspecified atom stereocenters. The van der Waals surface area contributed by atoms with Crippen LogP contribution in [-0.2, 0) is 4.79 Å². The molecular weight excluding hydrogens is 523 g/mol. The molecule has 1 amide bonds. The molecule has 41 heavy (non-hydrogen) atoms. The lowest BCUT2D eigenvalue weighted by molar-refractivity contribution is -0.129. The van der Waals surface area contributed by atoms with Gasteiger partial charge in [0.05, 0.1) is 28.2 Å². The van der Waals surface area contributed by atoms with Crippen LogP contribution in [0, 0.1) is 5.82 Å². The minimum atomic E-state index is -0.597. The Kier molecular flexibility index (Phi) is 6.52. The van der Waals surface area contributed by atoms with Gasteiger partial charge in [-0.2, -0.15) is 4.98 Å². The van der Waals surface area contributed by atoms with E-state index >= 15 is 4.39 Å². The first-order chi connectivity index (χ1) is 19.7. The summed E-state index contributed by atoms with van der Waals surface area (Å²) in [6.07, 6.45) is 1.30. The number of benzene rings is 3. The molecule has 2 aliphatic rings. The number of ether oxygens (including phenoxy) is 1. The van der Waals surface area contributed by atoms with Crippen molar-refractivity contribution in [1.82, 2.24) is 14.5 Å². The zero-order chi connectivity index (χ0) is 29.0. The third-order valence-corrected chi connectivity index (χ3v) is 8.02. The first kappa shape index (κ1) is 26.6. The van der Waals surface area contributed by atoms with Gasteiger partial charge in [0.1, 0.15) is 29.7 Å². The number of anilines is 1. The van der Waals surface area contributed by atoms with Crippen molar-refractivity contribution in [1.29, 1.82) is 0 Å². The van der Waals surface area contributed by atoms with Crippen LogP contribution in [0.4, 0.5) is 10.2 Å². The lowest BCUT2D eigenvalue weighted by Crippen LogP contribution is -2.60. The average molecular weight is 555 g/mol. The summed E-state index contributed by atoms with van der Waals surface area (Å²) in [5, 5.41) is 11.3. The van der Waals surface area contributed by atoms with Gasteiger partial charge in [0, 0.05) is 19.1 Å². The lowest BCUT2D eigenvalue weighted by Gasteiger charge is -2.44. The molecule has 1 saturated heterocycles. The molecule has 3 heterocycles. The first-order valence-corrected chi connectivity index (χ1v) is 13.7. The number of fused-ring (bicyclic) bond motifs is 2. The Bertz CT molecular complexity index is 1740. The molecule has 210 valence electrons.